The zero-order valence-electron chi connectivity index (χ0n) is 14.1. The molecule has 0 aliphatic rings. The first-order chi connectivity index (χ1) is 13.2. The minimum absolute atomic E-state index is 0.0905. The van der Waals surface area contributed by atoms with Crippen LogP contribution >= 0.6 is 11.6 Å². The number of hydrogen-bond donors (Lipinski definition) is 1. The Kier molecular flexibility index (Phi) is 4.71. The molecule has 0 saturated carbocycles. The third-order valence-corrected chi connectivity index (χ3v) is 4.05. The molecule has 0 unspecified atom stereocenters. The Balaban J connectivity index is 1.34. The summed E-state index contributed by atoms with van der Waals surface area (Å²) in [7, 11) is 0. The van der Waals surface area contributed by atoms with Gasteiger partial charge in [-0.1, -0.05) is 28.9 Å². The first kappa shape index (κ1) is 17.0. The summed E-state index contributed by atoms with van der Waals surface area (Å²) in [4.78, 5) is 16.3. The molecule has 0 radical (unpaired) electrons. The number of halogens is 1. The topological polar surface area (TPSA) is 90.8 Å². The fraction of sp³-hybridized carbons (Fsp3) is 0.111. The molecule has 0 aliphatic heterocycles. The SMILES string of the molecule is O=C(NCc1ccc(-n2cccc2)cc1)c1nc(Cn2cc(Cl)cn2)no1. The van der Waals surface area contributed by atoms with Crippen molar-refractivity contribution in [1.82, 2.24) is 29.8 Å². The second kappa shape index (κ2) is 7.46. The van der Waals surface area contributed by atoms with Crippen LogP contribution in [0.4, 0.5) is 0 Å². The molecule has 0 fully saturated rings. The summed E-state index contributed by atoms with van der Waals surface area (Å²) in [6.45, 7) is 0.627. The Morgan fingerprint density at radius 1 is 1.19 bits per heavy atom. The van der Waals surface area contributed by atoms with Crippen molar-refractivity contribution in [1.29, 1.82) is 0 Å². The maximum absolute atomic E-state index is 12.2. The second-order valence-electron chi connectivity index (χ2n) is 5.81. The summed E-state index contributed by atoms with van der Waals surface area (Å²) in [6, 6.07) is 11.8. The Hall–Kier alpha value is -3.39. The van der Waals surface area contributed by atoms with Crippen molar-refractivity contribution in [3.8, 4) is 5.69 Å². The number of nitrogens with zero attached hydrogens (tertiary/aromatic N) is 5. The lowest BCUT2D eigenvalue weighted by molar-refractivity contribution is 0.0907. The van der Waals surface area contributed by atoms with Crippen LogP contribution in [0.15, 0.2) is 65.7 Å². The van der Waals surface area contributed by atoms with Gasteiger partial charge >= 0.3 is 11.8 Å². The summed E-state index contributed by atoms with van der Waals surface area (Å²) in [6.07, 6.45) is 7.09. The molecule has 9 heteroatoms. The molecule has 0 spiro atoms. The van der Waals surface area contributed by atoms with Crippen molar-refractivity contribution in [3.05, 3.63) is 83.5 Å². The third kappa shape index (κ3) is 4.06. The van der Waals surface area contributed by atoms with Gasteiger partial charge in [-0.3, -0.25) is 9.48 Å². The number of amides is 1. The van der Waals surface area contributed by atoms with E-state index in [2.05, 4.69) is 20.6 Å². The van der Waals surface area contributed by atoms with Gasteiger partial charge in [-0.25, -0.2) is 0 Å². The smallest absolute Gasteiger partial charge is 0.316 e. The first-order valence-corrected chi connectivity index (χ1v) is 8.56. The van der Waals surface area contributed by atoms with E-state index in [1.807, 2.05) is 53.4 Å². The van der Waals surface area contributed by atoms with Crippen molar-refractivity contribution in [2.24, 2.45) is 0 Å². The van der Waals surface area contributed by atoms with Crippen LogP contribution in [0, 0.1) is 0 Å². The van der Waals surface area contributed by atoms with Crippen LogP contribution in [0.2, 0.25) is 5.02 Å². The normalized spacial score (nSPS) is 10.9. The molecule has 1 aromatic carbocycles. The van der Waals surface area contributed by atoms with Crippen LogP contribution in [-0.2, 0) is 13.1 Å². The highest BCUT2D eigenvalue weighted by Gasteiger charge is 2.15. The molecular formula is C18H15ClN6O2. The quantitative estimate of drug-likeness (QED) is 0.553. The van der Waals surface area contributed by atoms with Crippen LogP contribution in [0.1, 0.15) is 22.1 Å². The molecule has 0 bridgehead atoms. The van der Waals surface area contributed by atoms with Gasteiger partial charge in [0.1, 0.15) is 6.54 Å². The van der Waals surface area contributed by atoms with Gasteiger partial charge in [0.2, 0.25) is 0 Å². The Labute approximate surface area is 159 Å². The average molecular weight is 383 g/mol. The first-order valence-electron chi connectivity index (χ1n) is 8.18. The summed E-state index contributed by atoms with van der Waals surface area (Å²) >= 11 is 5.81. The van der Waals surface area contributed by atoms with Gasteiger partial charge in [-0.05, 0) is 29.8 Å². The number of nitrogens with one attached hydrogen (secondary N) is 1. The van der Waals surface area contributed by atoms with E-state index >= 15 is 0 Å². The number of carbonyl (C=O) groups excluding carboxylic acids is 1. The van der Waals surface area contributed by atoms with E-state index in [0.29, 0.717) is 17.4 Å². The minimum atomic E-state index is -0.429. The van der Waals surface area contributed by atoms with Crippen molar-refractivity contribution in [2.75, 3.05) is 0 Å². The van der Waals surface area contributed by atoms with Crippen LogP contribution in [-0.4, -0.2) is 30.4 Å². The lowest BCUT2D eigenvalue weighted by Gasteiger charge is -2.06. The van der Waals surface area contributed by atoms with Crippen LogP contribution in [0.25, 0.3) is 5.69 Å². The lowest BCUT2D eigenvalue weighted by Crippen LogP contribution is -2.23. The number of benzene rings is 1. The molecule has 27 heavy (non-hydrogen) atoms. The maximum atomic E-state index is 12.2. The number of rotatable bonds is 6. The highest BCUT2D eigenvalue weighted by molar-refractivity contribution is 6.30. The van der Waals surface area contributed by atoms with E-state index in [1.54, 1.807) is 10.9 Å². The van der Waals surface area contributed by atoms with Crippen LogP contribution in [0.5, 0.6) is 0 Å². The molecule has 4 rings (SSSR count). The van der Waals surface area contributed by atoms with Gasteiger partial charge in [0.15, 0.2) is 5.82 Å². The predicted octanol–water partition coefficient (Wildman–Crippen LogP) is 2.69. The fourth-order valence-electron chi connectivity index (χ4n) is 2.53. The minimum Gasteiger partial charge on any atom is -0.344 e. The van der Waals surface area contributed by atoms with Gasteiger partial charge in [0, 0.05) is 30.8 Å². The van der Waals surface area contributed by atoms with E-state index in [0.717, 1.165) is 11.3 Å². The largest absolute Gasteiger partial charge is 0.344 e. The summed E-state index contributed by atoms with van der Waals surface area (Å²) in [5.74, 6) is -0.176. The molecule has 3 aromatic heterocycles. The number of aromatic nitrogens is 5. The van der Waals surface area contributed by atoms with E-state index in [-0.39, 0.29) is 12.4 Å². The van der Waals surface area contributed by atoms with Crippen molar-refractivity contribution in [3.63, 3.8) is 0 Å². The molecule has 3 heterocycles. The van der Waals surface area contributed by atoms with E-state index in [4.69, 9.17) is 16.1 Å². The molecular weight excluding hydrogens is 368 g/mol. The Bertz CT molecular complexity index is 1040. The molecule has 0 aliphatic carbocycles. The van der Waals surface area contributed by atoms with Gasteiger partial charge in [0.25, 0.3) is 0 Å². The molecule has 4 aromatic rings. The molecule has 0 saturated heterocycles. The molecule has 1 N–H and O–H groups in total. The Morgan fingerprint density at radius 2 is 1.96 bits per heavy atom. The number of hydrogen-bond acceptors (Lipinski definition) is 5. The summed E-state index contributed by atoms with van der Waals surface area (Å²) in [5, 5.41) is 11.1. The van der Waals surface area contributed by atoms with E-state index < -0.39 is 5.91 Å². The summed E-state index contributed by atoms with van der Waals surface area (Å²) < 4.78 is 8.58. The lowest BCUT2D eigenvalue weighted by atomic mass is 10.2. The Morgan fingerprint density at radius 3 is 2.67 bits per heavy atom. The van der Waals surface area contributed by atoms with E-state index in [1.165, 1.54) is 6.20 Å². The van der Waals surface area contributed by atoms with Gasteiger partial charge in [-0.2, -0.15) is 10.1 Å². The summed E-state index contributed by atoms with van der Waals surface area (Å²) in [5.41, 5.74) is 2.01. The third-order valence-electron chi connectivity index (χ3n) is 3.86. The molecule has 0 atom stereocenters. The molecule has 8 nitrogen and oxygen atoms in total. The fourth-order valence-corrected chi connectivity index (χ4v) is 2.69. The average Bonchev–Trinajstić information content (AvgIpc) is 3.43. The van der Waals surface area contributed by atoms with Crippen molar-refractivity contribution >= 4 is 17.5 Å². The van der Waals surface area contributed by atoms with E-state index in [9.17, 15) is 4.79 Å². The van der Waals surface area contributed by atoms with Crippen molar-refractivity contribution in [2.45, 2.75) is 13.1 Å². The zero-order chi connectivity index (χ0) is 18.6. The number of carbonyl (C=O) groups is 1. The van der Waals surface area contributed by atoms with Crippen LogP contribution < -0.4 is 5.32 Å². The predicted molar refractivity (Wildman–Crippen MR) is 97.6 cm³/mol. The van der Waals surface area contributed by atoms with Gasteiger partial charge in [0.05, 0.1) is 11.2 Å². The van der Waals surface area contributed by atoms with Crippen LogP contribution in [0.3, 0.4) is 0 Å². The van der Waals surface area contributed by atoms with Gasteiger partial charge in [-0.15, -0.1) is 0 Å². The van der Waals surface area contributed by atoms with Crippen molar-refractivity contribution < 1.29 is 9.32 Å². The zero-order valence-corrected chi connectivity index (χ0v) is 14.9. The standard InChI is InChI=1S/C18H15ClN6O2/c19-14-10-21-25(11-14)12-16-22-18(27-23-16)17(26)20-9-13-3-5-15(6-4-13)24-7-1-2-8-24/h1-8,10-11H,9,12H2,(H,20,26). The highest BCUT2D eigenvalue weighted by Crippen LogP contribution is 2.10. The highest BCUT2D eigenvalue weighted by atomic mass is 35.5. The molecule has 1 amide bonds. The monoisotopic (exact) mass is 382 g/mol. The molecule has 136 valence electrons. The van der Waals surface area contributed by atoms with Gasteiger partial charge < -0.3 is 14.4 Å². The maximum Gasteiger partial charge on any atom is 0.316 e. The second-order valence-corrected chi connectivity index (χ2v) is 6.25.